The van der Waals surface area contributed by atoms with Gasteiger partial charge in [-0.2, -0.15) is 5.06 Å². The predicted molar refractivity (Wildman–Crippen MR) is 75.0 cm³/mol. The minimum atomic E-state index is -0.266. The van der Waals surface area contributed by atoms with Crippen molar-refractivity contribution in [1.82, 2.24) is 5.06 Å². The third-order valence-electron chi connectivity index (χ3n) is 5.82. The zero-order chi connectivity index (χ0) is 13.6. The van der Waals surface area contributed by atoms with Crippen LogP contribution in [0.1, 0.15) is 57.8 Å². The van der Waals surface area contributed by atoms with Crippen LogP contribution in [-0.4, -0.2) is 42.8 Å². The van der Waals surface area contributed by atoms with E-state index in [0.29, 0.717) is 12.0 Å². The Morgan fingerprint density at radius 2 is 1.80 bits per heavy atom. The molecule has 0 radical (unpaired) electrons. The smallest absolute Gasteiger partial charge is 0.169 e. The van der Waals surface area contributed by atoms with E-state index >= 15 is 0 Å². The number of hydrogen-bond donors (Lipinski definition) is 0. The fourth-order valence-electron chi connectivity index (χ4n) is 4.76. The third kappa shape index (κ3) is 2.21. The molecule has 4 nitrogen and oxygen atoms in total. The van der Waals surface area contributed by atoms with Gasteiger partial charge in [-0.05, 0) is 25.7 Å². The van der Waals surface area contributed by atoms with E-state index in [-0.39, 0.29) is 18.0 Å². The van der Waals surface area contributed by atoms with Crippen molar-refractivity contribution in [2.24, 2.45) is 5.92 Å². The standard InChI is InChI=1S/C16H27NO3/c1-17-13-8-4-3-7-12(13)15(20-17)14-11-18-16(19-14)9-5-2-6-10-16/h12-15H,2-11H2,1H3/t12-,13-,14-,15+/m1/s1. The number of nitrogens with zero attached hydrogens (tertiary/aromatic N) is 1. The summed E-state index contributed by atoms with van der Waals surface area (Å²) in [4.78, 5) is 6.15. The van der Waals surface area contributed by atoms with Crippen molar-refractivity contribution in [3.05, 3.63) is 0 Å². The Labute approximate surface area is 121 Å². The summed E-state index contributed by atoms with van der Waals surface area (Å²) in [5.41, 5.74) is 0. The Hall–Kier alpha value is -0.160. The highest BCUT2D eigenvalue weighted by molar-refractivity contribution is 4.96. The quantitative estimate of drug-likeness (QED) is 0.739. The monoisotopic (exact) mass is 281 g/mol. The molecule has 4 rings (SSSR count). The first-order chi connectivity index (χ1) is 9.77. The van der Waals surface area contributed by atoms with E-state index in [2.05, 4.69) is 12.1 Å². The lowest BCUT2D eigenvalue weighted by atomic mass is 9.80. The summed E-state index contributed by atoms with van der Waals surface area (Å²) >= 11 is 0. The second-order valence-corrected chi connectivity index (χ2v) is 7.07. The van der Waals surface area contributed by atoms with Gasteiger partial charge in [0.1, 0.15) is 12.2 Å². The summed E-state index contributed by atoms with van der Waals surface area (Å²) < 4.78 is 12.5. The molecule has 114 valence electrons. The van der Waals surface area contributed by atoms with Crippen molar-refractivity contribution in [1.29, 1.82) is 0 Å². The van der Waals surface area contributed by atoms with E-state index in [9.17, 15) is 0 Å². The largest absolute Gasteiger partial charge is 0.347 e. The van der Waals surface area contributed by atoms with Crippen LogP contribution in [0, 0.1) is 5.92 Å². The summed E-state index contributed by atoms with van der Waals surface area (Å²) in [6, 6.07) is 0.597. The fraction of sp³-hybridized carbons (Fsp3) is 1.00. The average Bonchev–Trinajstić information content (AvgIpc) is 3.03. The summed E-state index contributed by atoms with van der Waals surface area (Å²) in [6.45, 7) is 0.724. The van der Waals surface area contributed by atoms with E-state index in [1.165, 1.54) is 44.9 Å². The molecule has 4 aliphatic rings. The molecule has 2 saturated carbocycles. The van der Waals surface area contributed by atoms with Crippen LogP contribution in [0.2, 0.25) is 0 Å². The van der Waals surface area contributed by atoms with Gasteiger partial charge in [-0.3, -0.25) is 4.84 Å². The molecule has 4 fully saturated rings. The summed E-state index contributed by atoms with van der Waals surface area (Å²) in [6.07, 6.45) is 11.5. The van der Waals surface area contributed by atoms with Gasteiger partial charge in [-0.15, -0.1) is 0 Å². The number of ether oxygens (including phenoxy) is 2. The van der Waals surface area contributed by atoms with E-state index in [4.69, 9.17) is 14.3 Å². The molecule has 4 heteroatoms. The van der Waals surface area contributed by atoms with E-state index in [1.807, 2.05) is 0 Å². The van der Waals surface area contributed by atoms with Crippen LogP contribution in [0.4, 0.5) is 0 Å². The molecule has 0 aromatic carbocycles. The topological polar surface area (TPSA) is 30.9 Å². The lowest BCUT2D eigenvalue weighted by Gasteiger charge is -2.33. The molecule has 0 amide bonds. The first-order valence-corrected chi connectivity index (χ1v) is 8.49. The van der Waals surface area contributed by atoms with Crippen molar-refractivity contribution in [3.63, 3.8) is 0 Å². The Kier molecular flexibility index (Phi) is 3.53. The van der Waals surface area contributed by atoms with Gasteiger partial charge < -0.3 is 9.47 Å². The highest BCUT2D eigenvalue weighted by Crippen LogP contribution is 2.44. The lowest BCUT2D eigenvalue weighted by molar-refractivity contribution is -0.217. The van der Waals surface area contributed by atoms with Gasteiger partial charge in [0.15, 0.2) is 5.79 Å². The van der Waals surface area contributed by atoms with Crippen molar-refractivity contribution in [2.45, 2.75) is 81.8 Å². The molecular formula is C16H27NO3. The average molecular weight is 281 g/mol. The first-order valence-electron chi connectivity index (χ1n) is 8.49. The Morgan fingerprint density at radius 1 is 1.00 bits per heavy atom. The van der Waals surface area contributed by atoms with Crippen molar-refractivity contribution >= 4 is 0 Å². The maximum atomic E-state index is 6.40. The van der Waals surface area contributed by atoms with Gasteiger partial charge in [0.2, 0.25) is 0 Å². The maximum absolute atomic E-state index is 6.40. The predicted octanol–water partition coefficient (Wildman–Crippen LogP) is 2.87. The molecule has 2 aliphatic heterocycles. The van der Waals surface area contributed by atoms with Crippen LogP contribution >= 0.6 is 0 Å². The molecule has 0 aromatic rings. The summed E-state index contributed by atoms with van der Waals surface area (Å²) in [7, 11) is 2.09. The number of rotatable bonds is 1. The Morgan fingerprint density at radius 3 is 2.65 bits per heavy atom. The number of fused-ring (bicyclic) bond motifs is 1. The van der Waals surface area contributed by atoms with Gasteiger partial charge in [0.05, 0.1) is 6.61 Å². The zero-order valence-corrected chi connectivity index (χ0v) is 12.6. The van der Waals surface area contributed by atoms with Gasteiger partial charge in [-0.1, -0.05) is 19.3 Å². The minimum absolute atomic E-state index is 0.142. The zero-order valence-electron chi connectivity index (χ0n) is 12.6. The van der Waals surface area contributed by atoms with Gasteiger partial charge in [0.25, 0.3) is 0 Å². The molecule has 0 unspecified atom stereocenters. The second kappa shape index (κ2) is 5.24. The third-order valence-corrected chi connectivity index (χ3v) is 5.82. The van der Waals surface area contributed by atoms with Crippen molar-refractivity contribution in [3.8, 4) is 0 Å². The van der Waals surface area contributed by atoms with Gasteiger partial charge in [0, 0.05) is 31.8 Å². The van der Waals surface area contributed by atoms with Crippen LogP contribution in [0.15, 0.2) is 0 Å². The molecule has 2 aliphatic carbocycles. The van der Waals surface area contributed by atoms with Crippen LogP contribution in [-0.2, 0) is 14.3 Å². The number of hydrogen-bond acceptors (Lipinski definition) is 4. The Bertz CT molecular complexity index is 356. The minimum Gasteiger partial charge on any atom is -0.347 e. The van der Waals surface area contributed by atoms with E-state index in [0.717, 1.165) is 19.4 Å². The van der Waals surface area contributed by atoms with Crippen molar-refractivity contribution in [2.75, 3.05) is 13.7 Å². The lowest BCUT2D eigenvalue weighted by Crippen LogP contribution is -2.40. The van der Waals surface area contributed by atoms with E-state index in [1.54, 1.807) is 0 Å². The van der Waals surface area contributed by atoms with E-state index < -0.39 is 0 Å². The summed E-state index contributed by atoms with van der Waals surface area (Å²) in [5.74, 6) is 0.374. The molecule has 0 N–H and O–H groups in total. The van der Waals surface area contributed by atoms with Gasteiger partial charge >= 0.3 is 0 Å². The van der Waals surface area contributed by atoms with Gasteiger partial charge in [-0.25, -0.2) is 0 Å². The molecule has 1 spiro atoms. The molecule has 20 heavy (non-hydrogen) atoms. The van der Waals surface area contributed by atoms with Crippen LogP contribution in [0.5, 0.6) is 0 Å². The summed E-state index contributed by atoms with van der Waals surface area (Å²) in [5, 5.41) is 2.10. The van der Waals surface area contributed by atoms with Crippen molar-refractivity contribution < 1.29 is 14.3 Å². The molecule has 0 aromatic heterocycles. The Balaban J connectivity index is 1.46. The van der Waals surface area contributed by atoms with Crippen LogP contribution < -0.4 is 0 Å². The second-order valence-electron chi connectivity index (χ2n) is 7.07. The van der Waals surface area contributed by atoms with Crippen LogP contribution in [0.3, 0.4) is 0 Å². The molecule has 2 heterocycles. The van der Waals surface area contributed by atoms with Crippen LogP contribution in [0.25, 0.3) is 0 Å². The molecule has 2 saturated heterocycles. The molecule has 4 atom stereocenters. The molecule has 0 bridgehead atoms. The highest BCUT2D eigenvalue weighted by atomic mass is 16.8. The fourth-order valence-corrected chi connectivity index (χ4v) is 4.76. The normalized spacial score (nSPS) is 44.9. The maximum Gasteiger partial charge on any atom is 0.169 e. The SMILES string of the molecule is CN1O[C@H]([C@H]2COC3(CCCCC3)O2)[C@@H]2CCCC[C@H]21. The molecular weight excluding hydrogens is 254 g/mol. The highest BCUT2D eigenvalue weighted by Gasteiger charge is 2.52. The number of hydroxylamine groups is 2. The first kappa shape index (κ1) is 13.5.